The van der Waals surface area contributed by atoms with E-state index in [-0.39, 0.29) is 11.3 Å². The number of hydrogen-bond donors (Lipinski definition) is 0. The number of hydrogen-bond acceptors (Lipinski definition) is 5. The summed E-state index contributed by atoms with van der Waals surface area (Å²) in [5, 5.41) is 18.5. The van der Waals surface area contributed by atoms with Gasteiger partial charge in [0.25, 0.3) is 5.69 Å². The molecule has 0 unspecified atom stereocenters. The van der Waals surface area contributed by atoms with Crippen molar-refractivity contribution in [2.45, 2.75) is 0 Å². The quantitative estimate of drug-likeness (QED) is 0.631. The van der Waals surface area contributed by atoms with Crippen LogP contribution in [0, 0.1) is 15.9 Å². The van der Waals surface area contributed by atoms with Gasteiger partial charge in [-0.25, -0.2) is 4.39 Å². The lowest BCUT2D eigenvalue weighted by Crippen LogP contribution is -1.92. The lowest BCUT2D eigenvalue weighted by atomic mass is 10.2. The van der Waals surface area contributed by atoms with Crippen LogP contribution in [0.4, 0.5) is 10.1 Å². The molecule has 0 aliphatic heterocycles. The molecule has 2 rings (SSSR count). The van der Waals surface area contributed by atoms with Crippen molar-refractivity contribution in [3.8, 4) is 10.6 Å². The van der Waals surface area contributed by atoms with Crippen molar-refractivity contribution in [3.63, 3.8) is 0 Å². The Morgan fingerprint density at radius 2 is 2.19 bits per heavy atom. The van der Waals surface area contributed by atoms with Crippen LogP contribution in [0.3, 0.4) is 0 Å². The molecule has 0 atom stereocenters. The maximum Gasteiger partial charge on any atom is 0.282 e. The van der Waals surface area contributed by atoms with Gasteiger partial charge in [0.15, 0.2) is 8.92 Å². The molecular weight excluding hydrogens is 301 g/mol. The Labute approximate surface area is 101 Å². The molecule has 82 valence electrons. The van der Waals surface area contributed by atoms with Crippen molar-refractivity contribution >= 4 is 33.0 Å². The summed E-state index contributed by atoms with van der Waals surface area (Å²) in [6, 6.07) is 3.34. The number of nitrogens with zero attached hydrogens (tertiary/aromatic N) is 3. The van der Waals surface area contributed by atoms with Crippen LogP contribution in [-0.4, -0.2) is 15.1 Å². The van der Waals surface area contributed by atoms with E-state index in [4.69, 9.17) is 0 Å². The Bertz CT molecular complexity index is 560. The normalized spacial score (nSPS) is 10.4. The predicted octanol–water partition coefficient (Wildman–Crippen LogP) is 3.01. The summed E-state index contributed by atoms with van der Waals surface area (Å²) in [7, 11) is 0. The second-order valence-electron chi connectivity index (χ2n) is 2.78. The maximum atomic E-state index is 12.9. The van der Waals surface area contributed by atoms with E-state index < -0.39 is 10.7 Å². The van der Waals surface area contributed by atoms with Crippen LogP contribution in [0.15, 0.2) is 22.1 Å². The molecule has 2 aromatic rings. The van der Waals surface area contributed by atoms with E-state index >= 15 is 0 Å². The number of rotatable bonds is 2. The first-order valence-corrected chi connectivity index (χ1v) is 5.62. The number of nitro benzene ring substituents is 1. The molecular formula is C8H3BrFN3O2S. The van der Waals surface area contributed by atoms with Crippen molar-refractivity contribution in [2.24, 2.45) is 0 Å². The molecule has 1 aromatic carbocycles. The highest BCUT2D eigenvalue weighted by Crippen LogP contribution is 2.33. The summed E-state index contributed by atoms with van der Waals surface area (Å²) in [4.78, 5) is 10.1. The lowest BCUT2D eigenvalue weighted by molar-refractivity contribution is -0.384. The van der Waals surface area contributed by atoms with Crippen LogP contribution >= 0.6 is 27.3 Å². The summed E-state index contributed by atoms with van der Waals surface area (Å²) in [6.07, 6.45) is 0. The molecule has 0 spiro atoms. The molecule has 1 aromatic heterocycles. The molecule has 0 saturated heterocycles. The molecule has 0 amide bonds. The van der Waals surface area contributed by atoms with Gasteiger partial charge in [0.2, 0.25) is 0 Å². The van der Waals surface area contributed by atoms with Gasteiger partial charge in [-0.05, 0) is 28.1 Å². The molecule has 0 aliphatic rings. The van der Waals surface area contributed by atoms with E-state index in [2.05, 4.69) is 26.1 Å². The highest BCUT2D eigenvalue weighted by Gasteiger charge is 2.19. The van der Waals surface area contributed by atoms with Crippen LogP contribution in [0.2, 0.25) is 0 Å². The third-order valence-electron chi connectivity index (χ3n) is 1.79. The van der Waals surface area contributed by atoms with Crippen molar-refractivity contribution in [2.75, 3.05) is 0 Å². The van der Waals surface area contributed by atoms with Gasteiger partial charge in [-0.15, -0.1) is 10.2 Å². The Balaban J connectivity index is 2.60. The minimum atomic E-state index is -0.654. The van der Waals surface area contributed by atoms with Gasteiger partial charge >= 0.3 is 0 Å². The minimum absolute atomic E-state index is 0.259. The number of benzene rings is 1. The standard InChI is InChI=1S/C8H3BrFN3O2S/c9-8-12-11-7(16-8)5-2-1-4(10)3-6(5)13(14)15/h1-3H. The summed E-state index contributed by atoms with van der Waals surface area (Å²) in [5.41, 5.74) is -0.0572. The molecule has 0 aliphatic carbocycles. The van der Waals surface area contributed by atoms with Crippen molar-refractivity contribution in [3.05, 3.63) is 38.0 Å². The van der Waals surface area contributed by atoms with Gasteiger partial charge in [0, 0.05) is 0 Å². The number of aromatic nitrogens is 2. The second kappa shape index (κ2) is 4.22. The third kappa shape index (κ3) is 2.07. The smallest absolute Gasteiger partial charge is 0.258 e. The second-order valence-corrected chi connectivity index (χ2v) is 5.03. The van der Waals surface area contributed by atoms with Crippen LogP contribution in [0.1, 0.15) is 0 Å². The van der Waals surface area contributed by atoms with Gasteiger partial charge in [-0.2, -0.15) is 0 Å². The van der Waals surface area contributed by atoms with E-state index in [0.717, 1.165) is 23.5 Å². The molecule has 0 radical (unpaired) electrons. The lowest BCUT2D eigenvalue weighted by Gasteiger charge is -1.98. The van der Waals surface area contributed by atoms with Gasteiger partial charge in [0.1, 0.15) is 5.82 Å². The Kier molecular flexibility index (Phi) is 2.92. The van der Waals surface area contributed by atoms with E-state index in [9.17, 15) is 14.5 Å². The molecule has 1 heterocycles. The van der Waals surface area contributed by atoms with Gasteiger partial charge in [0.05, 0.1) is 16.6 Å². The summed E-state index contributed by atoms with van der Waals surface area (Å²) >= 11 is 4.25. The van der Waals surface area contributed by atoms with Crippen LogP contribution in [0.25, 0.3) is 10.6 Å². The van der Waals surface area contributed by atoms with E-state index in [1.165, 1.54) is 6.07 Å². The Morgan fingerprint density at radius 3 is 2.75 bits per heavy atom. The monoisotopic (exact) mass is 303 g/mol. The fourth-order valence-electron chi connectivity index (χ4n) is 1.15. The van der Waals surface area contributed by atoms with E-state index in [1.807, 2.05) is 0 Å². The zero-order valence-electron chi connectivity index (χ0n) is 7.55. The van der Waals surface area contributed by atoms with E-state index in [0.29, 0.717) is 8.92 Å². The summed E-state index contributed by atoms with van der Waals surface area (Å²) in [6.45, 7) is 0. The summed E-state index contributed by atoms with van der Waals surface area (Å²) in [5.74, 6) is -0.654. The minimum Gasteiger partial charge on any atom is -0.258 e. The zero-order valence-corrected chi connectivity index (χ0v) is 9.96. The fourth-order valence-corrected chi connectivity index (χ4v) is 2.30. The largest absolute Gasteiger partial charge is 0.282 e. The molecule has 0 fully saturated rings. The SMILES string of the molecule is O=[N+]([O-])c1cc(F)ccc1-c1nnc(Br)s1. The van der Waals surface area contributed by atoms with Gasteiger partial charge in [-0.3, -0.25) is 10.1 Å². The van der Waals surface area contributed by atoms with Crippen LogP contribution < -0.4 is 0 Å². The van der Waals surface area contributed by atoms with Gasteiger partial charge in [-0.1, -0.05) is 11.3 Å². The topological polar surface area (TPSA) is 68.9 Å². The maximum absolute atomic E-state index is 12.9. The highest BCUT2D eigenvalue weighted by atomic mass is 79.9. The number of halogens is 2. The molecule has 0 bridgehead atoms. The van der Waals surface area contributed by atoms with Crippen LogP contribution in [-0.2, 0) is 0 Å². The first kappa shape index (κ1) is 11.1. The third-order valence-corrected chi connectivity index (χ3v) is 3.18. The average molecular weight is 304 g/mol. The molecule has 5 nitrogen and oxygen atoms in total. The van der Waals surface area contributed by atoms with Crippen LogP contribution in [0.5, 0.6) is 0 Å². The molecule has 8 heteroatoms. The predicted molar refractivity (Wildman–Crippen MR) is 59.7 cm³/mol. The molecule has 16 heavy (non-hydrogen) atoms. The zero-order chi connectivity index (χ0) is 11.7. The molecule has 0 N–H and O–H groups in total. The Morgan fingerprint density at radius 1 is 1.44 bits per heavy atom. The van der Waals surface area contributed by atoms with Crippen molar-refractivity contribution in [1.82, 2.24) is 10.2 Å². The highest BCUT2D eigenvalue weighted by molar-refractivity contribution is 9.11. The average Bonchev–Trinajstić information content (AvgIpc) is 2.64. The molecule has 0 saturated carbocycles. The summed E-state index contributed by atoms with van der Waals surface area (Å²) < 4.78 is 13.4. The van der Waals surface area contributed by atoms with Crippen molar-refractivity contribution in [1.29, 1.82) is 0 Å². The Hall–Kier alpha value is -1.41. The van der Waals surface area contributed by atoms with Crippen molar-refractivity contribution < 1.29 is 9.31 Å². The van der Waals surface area contributed by atoms with E-state index in [1.54, 1.807) is 0 Å². The first-order chi connectivity index (χ1) is 7.58. The first-order valence-electron chi connectivity index (χ1n) is 4.01. The van der Waals surface area contributed by atoms with Gasteiger partial charge < -0.3 is 0 Å². The number of nitro groups is 1. The fraction of sp³-hybridized carbons (Fsp3) is 0.